The van der Waals surface area contributed by atoms with Crippen LogP contribution in [0.25, 0.3) is 0 Å². The van der Waals surface area contributed by atoms with Gasteiger partial charge in [-0.1, -0.05) is 6.07 Å². The number of hydrogen-bond donors (Lipinski definition) is 0. The van der Waals surface area contributed by atoms with Gasteiger partial charge in [-0.15, -0.1) is 11.3 Å². The third kappa shape index (κ3) is 2.11. The molecule has 0 aromatic carbocycles. The molecule has 3 nitrogen and oxygen atoms in total. The number of hydrogen-bond acceptors (Lipinski definition) is 3. The second kappa shape index (κ2) is 4.23. The second-order valence-electron chi connectivity index (χ2n) is 3.64. The van der Waals surface area contributed by atoms with Gasteiger partial charge in [0, 0.05) is 0 Å². The molecule has 1 rings (SSSR count). The predicted octanol–water partition coefficient (Wildman–Crippen LogP) is 1.91. The Morgan fingerprint density at radius 3 is 2.64 bits per heavy atom. The van der Waals surface area contributed by atoms with Crippen molar-refractivity contribution in [3.8, 4) is 12.1 Å². The highest BCUT2D eigenvalue weighted by Gasteiger charge is 2.30. The number of rotatable bonds is 3. The zero-order valence-electron chi connectivity index (χ0n) is 8.27. The lowest BCUT2D eigenvalue weighted by molar-refractivity contribution is -0.905. The Morgan fingerprint density at radius 2 is 2.21 bits per heavy atom. The van der Waals surface area contributed by atoms with Gasteiger partial charge in [0.1, 0.15) is 12.1 Å². The van der Waals surface area contributed by atoms with Crippen LogP contribution in [0.3, 0.4) is 0 Å². The molecule has 0 radical (unpaired) electrons. The van der Waals surface area contributed by atoms with E-state index in [4.69, 9.17) is 10.5 Å². The molecule has 0 aliphatic carbocycles. The smallest absolute Gasteiger partial charge is 0.211 e. The zero-order chi connectivity index (χ0) is 10.6. The Morgan fingerprint density at radius 1 is 1.50 bits per heavy atom. The molecule has 0 N–H and O–H groups in total. The fourth-order valence-electron chi connectivity index (χ4n) is 1.28. The largest absolute Gasteiger partial charge is 0.298 e. The summed E-state index contributed by atoms with van der Waals surface area (Å²) < 4.78 is 0.396. The molecule has 0 aliphatic rings. The minimum atomic E-state index is -0.241. The Hall–Kier alpha value is -1.36. The molecule has 0 spiro atoms. The summed E-state index contributed by atoms with van der Waals surface area (Å²) in [5.41, 5.74) is 0. The van der Waals surface area contributed by atoms with Crippen molar-refractivity contribution in [2.24, 2.45) is 0 Å². The summed E-state index contributed by atoms with van der Waals surface area (Å²) in [5, 5.41) is 19.7. The van der Waals surface area contributed by atoms with Crippen molar-refractivity contribution < 1.29 is 4.48 Å². The molecule has 1 aromatic rings. The lowest BCUT2D eigenvalue weighted by atomic mass is 10.2. The zero-order valence-corrected chi connectivity index (χ0v) is 9.08. The van der Waals surface area contributed by atoms with Gasteiger partial charge in [-0.2, -0.15) is 10.5 Å². The van der Waals surface area contributed by atoms with E-state index in [0.29, 0.717) is 11.0 Å². The summed E-state index contributed by atoms with van der Waals surface area (Å²) in [6, 6.07) is 8.00. The summed E-state index contributed by atoms with van der Waals surface area (Å²) in [5.74, 6) is 0. The first kappa shape index (κ1) is 10.7. The maximum absolute atomic E-state index is 9.09. The molecule has 4 heteroatoms. The Labute approximate surface area is 88.0 Å². The number of nitriles is 2. The van der Waals surface area contributed by atoms with Gasteiger partial charge in [0.15, 0.2) is 6.54 Å². The first-order valence-electron chi connectivity index (χ1n) is 4.24. The molecular weight excluding hydrogens is 194 g/mol. The second-order valence-corrected chi connectivity index (χ2v) is 4.62. The summed E-state index contributed by atoms with van der Waals surface area (Å²) in [7, 11) is 3.80. The molecule has 0 saturated carbocycles. The maximum Gasteiger partial charge on any atom is 0.211 e. The van der Waals surface area contributed by atoms with Crippen LogP contribution < -0.4 is 0 Å². The van der Waals surface area contributed by atoms with Gasteiger partial charge in [0.2, 0.25) is 6.04 Å². The average Bonchev–Trinajstić information content (AvgIpc) is 2.57. The van der Waals surface area contributed by atoms with Crippen LogP contribution in [0.2, 0.25) is 0 Å². The summed E-state index contributed by atoms with van der Waals surface area (Å²) in [6.07, 6.45) is 0. The molecule has 1 unspecified atom stereocenters. The Balaban J connectivity index is 2.95. The van der Waals surface area contributed by atoms with E-state index in [1.54, 1.807) is 11.3 Å². The van der Waals surface area contributed by atoms with Gasteiger partial charge in [-0.25, -0.2) is 0 Å². The van der Waals surface area contributed by atoms with Gasteiger partial charge < -0.3 is 0 Å². The molecule has 72 valence electrons. The first-order chi connectivity index (χ1) is 6.61. The third-order valence-corrected chi connectivity index (χ3v) is 3.04. The standard InChI is InChI=1S/C10H12N3S/c1-13(2,6-5-11)9(8-12)10-4-3-7-14-10/h3-4,7,9H,6H2,1-2H3/q+1. The number of nitrogens with zero attached hydrogens (tertiary/aromatic N) is 3. The summed E-state index contributed by atoms with van der Waals surface area (Å²) in [6.45, 7) is 0.343. The highest BCUT2D eigenvalue weighted by atomic mass is 32.1. The van der Waals surface area contributed by atoms with Crippen molar-refractivity contribution in [2.45, 2.75) is 6.04 Å². The van der Waals surface area contributed by atoms with Crippen molar-refractivity contribution in [3.05, 3.63) is 22.4 Å². The molecule has 1 heterocycles. The van der Waals surface area contributed by atoms with Gasteiger partial charge in [0.25, 0.3) is 0 Å². The van der Waals surface area contributed by atoms with E-state index in [2.05, 4.69) is 12.1 Å². The fraction of sp³-hybridized carbons (Fsp3) is 0.400. The summed E-state index contributed by atoms with van der Waals surface area (Å²) >= 11 is 1.56. The molecule has 1 atom stereocenters. The monoisotopic (exact) mass is 206 g/mol. The maximum atomic E-state index is 9.09. The lowest BCUT2D eigenvalue weighted by Gasteiger charge is -2.30. The van der Waals surface area contributed by atoms with Gasteiger partial charge in [0.05, 0.1) is 19.0 Å². The van der Waals surface area contributed by atoms with E-state index in [1.807, 2.05) is 31.6 Å². The van der Waals surface area contributed by atoms with Crippen LogP contribution in [0, 0.1) is 22.7 Å². The van der Waals surface area contributed by atoms with Crippen LogP contribution in [0.15, 0.2) is 17.5 Å². The molecule has 14 heavy (non-hydrogen) atoms. The van der Waals surface area contributed by atoms with Crippen LogP contribution in [-0.2, 0) is 0 Å². The van der Waals surface area contributed by atoms with E-state index in [1.165, 1.54) is 0 Å². The minimum Gasteiger partial charge on any atom is -0.298 e. The van der Waals surface area contributed by atoms with Crippen molar-refractivity contribution >= 4 is 11.3 Å². The quantitative estimate of drug-likeness (QED) is 0.560. The van der Waals surface area contributed by atoms with Crippen LogP contribution in [-0.4, -0.2) is 25.1 Å². The number of quaternary nitrogens is 1. The third-order valence-electron chi connectivity index (χ3n) is 2.11. The average molecular weight is 206 g/mol. The van der Waals surface area contributed by atoms with Gasteiger partial charge >= 0.3 is 0 Å². The first-order valence-corrected chi connectivity index (χ1v) is 5.12. The highest BCUT2D eigenvalue weighted by Crippen LogP contribution is 2.27. The van der Waals surface area contributed by atoms with Crippen molar-refractivity contribution in [1.29, 1.82) is 10.5 Å². The van der Waals surface area contributed by atoms with Crippen molar-refractivity contribution in [3.63, 3.8) is 0 Å². The van der Waals surface area contributed by atoms with E-state index in [9.17, 15) is 0 Å². The fourth-order valence-corrected chi connectivity index (χ4v) is 2.22. The minimum absolute atomic E-state index is 0.241. The van der Waals surface area contributed by atoms with E-state index in [0.717, 1.165) is 4.88 Å². The number of thiophene rings is 1. The molecular formula is C10H12N3S+. The van der Waals surface area contributed by atoms with Gasteiger partial charge in [-0.3, -0.25) is 4.48 Å². The lowest BCUT2D eigenvalue weighted by Crippen LogP contribution is -2.42. The molecule has 1 aromatic heterocycles. The van der Waals surface area contributed by atoms with Crippen LogP contribution in [0.1, 0.15) is 10.9 Å². The van der Waals surface area contributed by atoms with E-state index < -0.39 is 0 Å². The highest BCUT2D eigenvalue weighted by molar-refractivity contribution is 7.10. The molecule has 0 bridgehead atoms. The van der Waals surface area contributed by atoms with E-state index in [-0.39, 0.29) is 6.04 Å². The predicted molar refractivity (Wildman–Crippen MR) is 55.3 cm³/mol. The van der Waals surface area contributed by atoms with E-state index >= 15 is 0 Å². The molecule has 0 amide bonds. The van der Waals surface area contributed by atoms with Crippen LogP contribution >= 0.6 is 11.3 Å². The SMILES string of the molecule is C[N+](C)(CC#N)C(C#N)c1cccs1. The summed E-state index contributed by atoms with van der Waals surface area (Å²) in [4.78, 5) is 1.02. The van der Waals surface area contributed by atoms with Crippen LogP contribution in [0.4, 0.5) is 0 Å². The van der Waals surface area contributed by atoms with Crippen LogP contribution in [0.5, 0.6) is 0 Å². The molecule has 0 fully saturated rings. The Kier molecular flexibility index (Phi) is 3.24. The van der Waals surface area contributed by atoms with Gasteiger partial charge in [-0.05, 0) is 11.4 Å². The molecule has 0 aliphatic heterocycles. The normalized spacial score (nSPS) is 12.9. The topological polar surface area (TPSA) is 47.6 Å². The van der Waals surface area contributed by atoms with Crippen molar-refractivity contribution in [1.82, 2.24) is 0 Å². The molecule has 0 saturated heterocycles. The Bertz CT molecular complexity index is 367. The van der Waals surface area contributed by atoms with Crippen molar-refractivity contribution in [2.75, 3.05) is 20.6 Å².